The first kappa shape index (κ1) is 18.2. The summed E-state index contributed by atoms with van der Waals surface area (Å²) in [5.74, 6) is 0.0213. The summed E-state index contributed by atoms with van der Waals surface area (Å²) in [6.45, 7) is 1.64. The van der Waals surface area contributed by atoms with E-state index in [1.807, 2.05) is 43.4 Å². The van der Waals surface area contributed by atoms with Crippen LogP contribution >= 0.6 is 0 Å². The van der Waals surface area contributed by atoms with Gasteiger partial charge >= 0.3 is 0 Å². The Hall–Kier alpha value is -2.17. The van der Waals surface area contributed by atoms with E-state index in [1.165, 1.54) is 0 Å². The van der Waals surface area contributed by atoms with Gasteiger partial charge in [-0.2, -0.15) is 0 Å². The first-order chi connectivity index (χ1) is 11.7. The Bertz CT molecular complexity index is 572. The molecule has 128 valence electrons. The van der Waals surface area contributed by atoms with Gasteiger partial charge in [0.1, 0.15) is 0 Å². The Balaban J connectivity index is 2.25. The quantitative estimate of drug-likeness (QED) is 0.615. The van der Waals surface area contributed by atoms with E-state index < -0.39 is 5.41 Å². The van der Waals surface area contributed by atoms with E-state index in [-0.39, 0.29) is 5.91 Å². The van der Waals surface area contributed by atoms with Crippen LogP contribution in [0, 0.1) is 5.41 Å². The molecule has 0 unspecified atom stereocenters. The van der Waals surface area contributed by atoms with Gasteiger partial charge in [-0.3, -0.25) is 4.79 Å². The summed E-state index contributed by atoms with van der Waals surface area (Å²) >= 11 is 0. The summed E-state index contributed by atoms with van der Waals surface area (Å²) in [6, 6.07) is 20.2. The number of rotatable bonds is 9. The van der Waals surface area contributed by atoms with Gasteiger partial charge in [-0.25, -0.2) is 0 Å². The highest BCUT2D eigenvalue weighted by molar-refractivity contribution is 5.83. The van der Waals surface area contributed by atoms with Crippen molar-refractivity contribution >= 4 is 5.91 Å². The summed E-state index contributed by atoms with van der Waals surface area (Å²) in [4.78, 5) is 13.0. The number of nitrogens with two attached hydrogens (primary N) is 1. The highest BCUT2D eigenvalue weighted by Crippen LogP contribution is 2.27. The molecule has 0 saturated carbocycles. The lowest BCUT2D eigenvalue weighted by Gasteiger charge is -2.32. The first-order valence-corrected chi connectivity index (χ1v) is 8.41. The molecule has 4 N–H and O–H groups in total. The molecule has 2 aromatic carbocycles. The predicted molar refractivity (Wildman–Crippen MR) is 98.7 cm³/mol. The maximum absolute atomic E-state index is 13.0. The van der Waals surface area contributed by atoms with Crippen molar-refractivity contribution < 1.29 is 4.79 Å². The fourth-order valence-corrected chi connectivity index (χ4v) is 2.92. The molecule has 0 aliphatic carbocycles. The van der Waals surface area contributed by atoms with E-state index >= 15 is 0 Å². The maximum atomic E-state index is 13.0. The average molecular weight is 325 g/mol. The van der Waals surface area contributed by atoms with Gasteiger partial charge in [0.05, 0.1) is 5.41 Å². The normalized spacial score (nSPS) is 11.2. The minimum Gasteiger partial charge on any atom is -0.354 e. The minimum atomic E-state index is -0.642. The van der Waals surface area contributed by atoms with E-state index in [0.717, 1.165) is 17.7 Å². The van der Waals surface area contributed by atoms with Crippen molar-refractivity contribution in [3.8, 4) is 0 Å². The topological polar surface area (TPSA) is 67.1 Å². The first-order valence-electron chi connectivity index (χ1n) is 8.41. The van der Waals surface area contributed by atoms with Crippen LogP contribution in [0.5, 0.6) is 0 Å². The van der Waals surface area contributed by atoms with Crippen molar-refractivity contribution in [1.29, 1.82) is 0 Å². The highest BCUT2D eigenvalue weighted by atomic mass is 16.2. The summed E-state index contributed by atoms with van der Waals surface area (Å²) in [7, 11) is 1.87. The van der Waals surface area contributed by atoms with Gasteiger partial charge in [0.2, 0.25) is 5.91 Å². The van der Waals surface area contributed by atoms with Crippen LogP contribution in [0.2, 0.25) is 0 Å². The Labute approximate surface area is 144 Å². The summed E-state index contributed by atoms with van der Waals surface area (Å²) in [6.07, 6.45) is 1.26. The Kier molecular flexibility index (Phi) is 6.97. The van der Waals surface area contributed by atoms with Crippen LogP contribution in [0.4, 0.5) is 0 Å². The molecule has 0 radical (unpaired) electrons. The van der Waals surface area contributed by atoms with E-state index in [1.54, 1.807) is 0 Å². The molecule has 2 aromatic rings. The summed E-state index contributed by atoms with van der Waals surface area (Å²) in [5.41, 5.74) is 7.74. The zero-order valence-electron chi connectivity index (χ0n) is 14.3. The Morgan fingerprint density at radius 3 is 1.83 bits per heavy atom. The molecule has 4 nitrogen and oxygen atoms in total. The molecule has 0 bridgehead atoms. The molecule has 0 aliphatic rings. The Morgan fingerprint density at radius 2 is 1.42 bits per heavy atom. The molecule has 0 atom stereocenters. The smallest absolute Gasteiger partial charge is 0.228 e. The number of hydrogen-bond donors (Lipinski definition) is 3. The lowest BCUT2D eigenvalue weighted by Crippen LogP contribution is -2.50. The van der Waals surface area contributed by atoms with Crippen LogP contribution in [-0.2, 0) is 17.6 Å². The van der Waals surface area contributed by atoms with Crippen LogP contribution in [0.25, 0.3) is 0 Å². The summed E-state index contributed by atoms with van der Waals surface area (Å²) in [5, 5.41) is 6.08. The molecule has 0 saturated heterocycles. The lowest BCUT2D eigenvalue weighted by molar-refractivity contribution is -0.130. The molecule has 2 rings (SSSR count). The highest BCUT2D eigenvalue weighted by Gasteiger charge is 2.37. The largest absolute Gasteiger partial charge is 0.354 e. The van der Waals surface area contributed by atoms with E-state index in [9.17, 15) is 4.79 Å². The van der Waals surface area contributed by atoms with Crippen LogP contribution in [0.15, 0.2) is 60.7 Å². The maximum Gasteiger partial charge on any atom is 0.228 e. The third-order valence-electron chi connectivity index (χ3n) is 4.30. The second-order valence-electron chi connectivity index (χ2n) is 6.17. The molecule has 24 heavy (non-hydrogen) atoms. The van der Waals surface area contributed by atoms with Crippen LogP contribution in [0.3, 0.4) is 0 Å². The third-order valence-corrected chi connectivity index (χ3v) is 4.30. The fourth-order valence-electron chi connectivity index (χ4n) is 2.92. The fraction of sp³-hybridized carbons (Fsp3) is 0.350. The second-order valence-corrected chi connectivity index (χ2v) is 6.17. The molecule has 0 fully saturated rings. The number of benzene rings is 2. The van der Waals surface area contributed by atoms with Crippen molar-refractivity contribution in [2.24, 2.45) is 11.1 Å². The molecule has 1 amide bonds. The number of likely N-dealkylation sites (N-methyl/N-ethyl adjacent to an activating group) is 1. The van der Waals surface area contributed by atoms with Gasteiger partial charge in [-0.1, -0.05) is 60.7 Å². The predicted octanol–water partition coefficient (Wildman–Crippen LogP) is 1.75. The molecular weight excluding hydrogens is 298 g/mol. The molecular formula is C20H27N3O. The van der Waals surface area contributed by atoms with E-state index in [4.69, 9.17) is 5.73 Å². The minimum absolute atomic E-state index is 0.0213. The van der Waals surface area contributed by atoms with Crippen molar-refractivity contribution in [3.05, 3.63) is 71.8 Å². The van der Waals surface area contributed by atoms with Gasteiger partial charge in [0.15, 0.2) is 0 Å². The van der Waals surface area contributed by atoms with Crippen molar-refractivity contribution in [1.82, 2.24) is 10.6 Å². The molecule has 0 heterocycles. The number of amides is 1. The monoisotopic (exact) mass is 325 g/mol. The SMILES string of the molecule is CNCCNC(=O)C(CN)(Cc1ccccc1)Cc1ccccc1. The lowest BCUT2D eigenvalue weighted by atomic mass is 9.75. The standard InChI is InChI=1S/C20H27N3O/c1-22-12-13-23-19(24)20(16-21,14-17-8-4-2-5-9-17)15-18-10-6-3-7-11-18/h2-11,22H,12-16,21H2,1H3,(H,23,24). The average Bonchev–Trinajstić information content (AvgIpc) is 2.63. The van der Waals surface area contributed by atoms with Crippen molar-refractivity contribution in [3.63, 3.8) is 0 Å². The van der Waals surface area contributed by atoms with Gasteiger partial charge in [0, 0.05) is 19.6 Å². The second kappa shape index (κ2) is 9.21. The van der Waals surface area contributed by atoms with E-state index in [2.05, 4.69) is 34.9 Å². The molecule has 0 aromatic heterocycles. The zero-order chi connectivity index (χ0) is 17.3. The van der Waals surface area contributed by atoms with Crippen molar-refractivity contribution in [2.75, 3.05) is 26.7 Å². The van der Waals surface area contributed by atoms with Crippen LogP contribution in [0.1, 0.15) is 11.1 Å². The summed E-state index contributed by atoms with van der Waals surface area (Å²) < 4.78 is 0. The van der Waals surface area contributed by atoms with E-state index in [0.29, 0.717) is 25.9 Å². The van der Waals surface area contributed by atoms with Gasteiger partial charge in [-0.15, -0.1) is 0 Å². The molecule has 0 aliphatic heterocycles. The number of carbonyl (C=O) groups is 1. The van der Waals surface area contributed by atoms with Crippen molar-refractivity contribution in [2.45, 2.75) is 12.8 Å². The number of nitrogens with one attached hydrogen (secondary N) is 2. The Morgan fingerprint density at radius 1 is 0.917 bits per heavy atom. The zero-order valence-corrected chi connectivity index (χ0v) is 14.3. The van der Waals surface area contributed by atoms with Gasteiger partial charge in [-0.05, 0) is 31.0 Å². The van der Waals surface area contributed by atoms with Crippen LogP contribution < -0.4 is 16.4 Å². The van der Waals surface area contributed by atoms with Gasteiger partial charge in [0.25, 0.3) is 0 Å². The third kappa shape index (κ3) is 4.91. The number of hydrogen-bond acceptors (Lipinski definition) is 3. The number of carbonyl (C=O) groups excluding carboxylic acids is 1. The molecule has 4 heteroatoms. The molecule has 0 spiro atoms. The van der Waals surface area contributed by atoms with Crippen LogP contribution in [-0.4, -0.2) is 32.6 Å². The van der Waals surface area contributed by atoms with Gasteiger partial charge < -0.3 is 16.4 Å².